The Morgan fingerprint density at radius 1 is 1.14 bits per heavy atom. The number of aromatic nitrogens is 1. The summed E-state index contributed by atoms with van der Waals surface area (Å²) in [6.45, 7) is 2.07. The topological polar surface area (TPSA) is 52.3 Å². The minimum Gasteiger partial charge on any atom is -0.464 e. The highest BCUT2D eigenvalue weighted by atomic mass is 16.5. The van der Waals surface area contributed by atoms with Crippen molar-refractivity contribution in [2.75, 3.05) is 6.61 Å². The number of carbonyl (C=O) groups is 1. The number of esters is 1. The minimum atomic E-state index is -0.452. The molecule has 0 spiro atoms. The van der Waals surface area contributed by atoms with Crippen LogP contribution in [0, 0.1) is 0 Å². The molecular weight excluding hydrogens is 278 g/mol. The van der Waals surface area contributed by atoms with E-state index < -0.39 is 5.97 Å². The lowest BCUT2D eigenvalue weighted by atomic mass is 9.97. The van der Waals surface area contributed by atoms with Crippen LogP contribution in [0.3, 0.4) is 0 Å². The number of rotatable bonds is 4. The number of ether oxygens (including phenoxy) is 1. The molecule has 0 bridgehead atoms. The predicted octanol–water partition coefficient (Wildman–Crippen LogP) is 4.19. The molecule has 110 valence electrons. The Kier molecular flexibility index (Phi) is 4.01. The Labute approximate surface area is 128 Å². The van der Waals surface area contributed by atoms with Crippen molar-refractivity contribution in [3.05, 3.63) is 66.7 Å². The average Bonchev–Trinajstić information content (AvgIpc) is 3.09. The molecule has 0 saturated heterocycles. The molecule has 3 rings (SSSR count). The van der Waals surface area contributed by atoms with Gasteiger partial charge in [0.25, 0.3) is 0 Å². The van der Waals surface area contributed by atoms with Gasteiger partial charge in [-0.3, -0.25) is 0 Å². The summed E-state index contributed by atoms with van der Waals surface area (Å²) in [6.07, 6.45) is 3.19. The first-order valence-electron chi connectivity index (χ1n) is 7.06. The number of carbonyl (C=O) groups excluding carboxylic acids is 1. The molecule has 2 aromatic heterocycles. The molecule has 0 aliphatic heterocycles. The maximum atomic E-state index is 12.2. The smallest absolute Gasteiger partial charge is 0.357 e. The lowest BCUT2D eigenvalue weighted by Crippen LogP contribution is -2.09. The van der Waals surface area contributed by atoms with Crippen LogP contribution >= 0.6 is 0 Å². The first-order valence-corrected chi connectivity index (χ1v) is 7.06. The number of hydrogen-bond donors (Lipinski definition) is 0. The largest absolute Gasteiger partial charge is 0.464 e. The van der Waals surface area contributed by atoms with E-state index in [2.05, 4.69) is 4.98 Å². The Balaban J connectivity index is 2.23. The van der Waals surface area contributed by atoms with E-state index in [1.165, 1.54) is 0 Å². The van der Waals surface area contributed by atoms with Crippen molar-refractivity contribution >= 4 is 5.97 Å². The maximum absolute atomic E-state index is 12.2. The highest BCUT2D eigenvalue weighted by Crippen LogP contribution is 2.34. The van der Waals surface area contributed by atoms with E-state index in [0.29, 0.717) is 17.9 Å². The van der Waals surface area contributed by atoms with Crippen LogP contribution in [-0.2, 0) is 4.74 Å². The number of hydrogen-bond acceptors (Lipinski definition) is 4. The molecule has 4 heteroatoms. The second-order valence-corrected chi connectivity index (χ2v) is 4.65. The molecule has 0 N–H and O–H groups in total. The van der Waals surface area contributed by atoms with Crippen LogP contribution in [0.4, 0.5) is 0 Å². The SMILES string of the molecule is CCOC(=O)c1nccc(-c2ccccc2)c1-c1ccco1. The summed E-state index contributed by atoms with van der Waals surface area (Å²) in [6, 6.07) is 15.3. The Bertz CT molecular complexity index is 764. The fraction of sp³-hybridized carbons (Fsp3) is 0.111. The molecule has 0 unspecified atom stereocenters. The van der Waals surface area contributed by atoms with Crippen LogP contribution in [0.25, 0.3) is 22.5 Å². The normalized spacial score (nSPS) is 10.4. The van der Waals surface area contributed by atoms with E-state index >= 15 is 0 Å². The third-order valence-electron chi connectivity index (χ3n) is 3.27. The second-order valence-electron chi connectivity index (χ2n) is 4.65. The van der Waals surface area contributed by atoms with Crippen LogP contribution in [0.1, 0.15) is 17.4 Å². The summed E-state index contributed by atoms with van der Waals surface area (Å²) >= 11 is 0. The van der Waals surface area contributed by atoms with Crippen molar-refractivity contribution in [1.82, 2.24) is 4.98 Å². The lowest BCUT2D eigenvalue weighted by molar-refractivity contribution is 0.0520. The third-order valence-corrected chi connectivity index (χ3v) is 3.27. The summed E-state index contributed by atoms with van der Waals surface area (Å²) in [7, 11) is 0. The molecule has 4 nitrogen and oxygen atoms in total. The number of nitrogens with zero attached hydrogens (tertiary/aromatic N) is 1. The Morgan fingerprint density at radius 2 is 1.95 bits per heavy atom. The predicted molar refractivity (Wildman–Crippen MR) is 83.3 cm³/mol. The first kappa shape index (κ1) is 14.1. The zero-order valence-corrected chi connectivity index (χ0v) is 12.2. The standard InChI is InChI=1S/C18H15NO3/c1-2-21-18(20)17-16(15-9-6-12-22-15)14(10-11-19-17)13-7-4-3-5-8-13/h3-12H,2H2,1H3. The van der Waals surface area contributed by atoms with Gasteiger partial charge in [-0.2, -0.15) is 0 Å². The number of benzene rings is 1. The zero-order chi connectivity index (χ0) is 15.4. The number of furan rings is 1. The van der Waals surface area contributed by atoms with E-state index in [0.717, 1.165) is 11.1 Å². The van der Waals surface area contributed by atoms with Crippen molar-refractivity contribution in [2.45, 2.75) is 6.92 Å². The molecule has 0 atom stereocenters. The first-order chi connectivity index (χ1) is 10.8. The fourth-order valence-electron chi connectivity index (χ4n) is 2.34. The van der Waals surface area contributed by atoms with Crippen LogP contribution < -0.4 is 0 Å². The van der Waals surface area contributed by atoms with Crippen LogP contribution in [0.5, 0.6) is 0 Å². The van der Waals surface area contributed by atoms with Gasteiger partial charge in [0.05, 0.1) is 18.4 Å². The van der Waals surface area contributed by atoms with Crippen LogP contribution in [0.2, 0.25) is 0 Å². The van der Waals surface area contributed by atoms with Gasteiger partial charge in [0.15, 0.2) is 5.69 Å². The van der Waals surface area contributed by atoms with Gasteiger partial charge >= 0.3 is 5.97 Å². The summed E-state index contributed by atoms with van der Waals surface area (Å²) < 4.78 is 10.6. The van der Waals surface area contributed by atoms with Gasteiger partial charge in [-0.05, 0) is 36.2 Å². The van der Waals surface area contributed by atoms with E-state index in [9.17, 15) is 4.79 Å². The highest BCUT2D eigenvalue weighted by molar-refractivity contribution is 5.99. The van der Waals surface area contributed by atoms with Crippen LogP contribution in [0.15, 0.2) is 65.4 Å². The Morgan fingerprint density at radius 3 is 2.64 bits per heavy atom. The fourth-order valence-corrected chi connectivity index (χ4v) is 2.34. The molecule has 2 heterocycles. The van der Waals surface area contributed by atoms with E-state index in [1.807, 2.05) is 42.5 Å². The summed E-state index contributed by atoms with van der Waals surface area (Å²) in [4.78, 5) is 16.4. The van der Waals surface area contributed by atoms with Gasteiger partial charge in [0.2, 0.25) is 0 Å². The molecule has 0 saturated carbocycles. The monoisotopic (exact) mass is 293 g/mol. The molecule has 0 aliphatic carbocycles. The van der Waals surface area contributed by atoms with Crippen molar-refractivity contribution in [1.29, 1.82) is 0 Å². The quantitative estimate of drug-likeness (QED) is 0.677. The molecule has 0 aliphatic rings. The van der Waals surface area contributed by atoms with Crippen molar-refractivity contribution in [2.24, 2.45) is 0 Å². The molecule has 0 fully saturated rings. The van der Waals surface area contributed by atoms with E-state index in [1.54, 1.807) is 25.5 Å². The van der Waals surface area contributed by atoms with Gasteiger partial charge in [-0.15, -0.1) is 0 Å². The van der Waals surface area contributed by atoms with Gasteiger partial charge in [-0.1, -0.05) is 30.3 Å². The Hall–Kier alpha value is -2.88. The van der Waals surface area contributed by atoms with Gasteiger partial charge < -0.3 is 9.15 Å². The molecule has 3 aromatic rings. The highest BCUT2D eigenvalue weighted by Gasteiger charge is 2.21. The van der Waals surface area contributed by atoms with E-state index in [4.69, 9.17) is 9.15 Å². The maximum Gasteiger partial charge on any atom is 0.357 e. The van der Waals surface area contributed by atoms with Crippen molar-refractivity contribution in [3.63, 3.8) is 0 Å². The molecule has 22 heavy (non-hydrogen) atoms. The summed E-state index contributed by atoms with van der Waals surface area (Å²) in [5.74, 6) is 0.140. The van der Waals surface area contributed by atoms with E-state index in [-0.39, 0.29) is 5.69 Å². The van der Waals surface area contributed by atoms with Crippen LogP contribution in [-0.4, -0.2) is 17.6 Å². The third kappa shape index (κ3) is 2.63. The molecule has 0 amide bonds. The molecule has 1 aromatic carbocycles. The minimum absolute atomic E-state index is 0.262. The lowest BCUT2D eigenvalue weighted by Gasteiger charge is -2.11. The van der Waals surface area contributed by atoms with Gasteiger partial charge in [0, 0.05) is 6.20 Å². The van der Waals surface area contributed by atoms with Crippen molar-refractivity contribution in [3.8, 4) is 22.5 Å². The second kappa shape index (κ2) is 6.26. The van der Waals surface area contributed by atoms with Gasteiger partial charge in [0.1, 0.15) is 5.76 Å². The summed E-state index contributed by atoms with van der Waals surface area (Å²) in [5, 5.41) is 0. The summed E-state index contributed by atoms with van der Waals surface area (Å²) in [5.41, 5.74) is 2.78. The molecule has 0 radical (unpaired) electrons. The average molecular weight is 293 g/mol. The van der Waals surface area contributed by atoms with Gasteiger partial charge in [-0.25, -0.2) is 9.78 Å². The van der Waals surface area contributed by atoms with Crippen molar-refractivity contribution < 1.29 is 13.9 Å². The number of pyridine rings is 1. The molecular formula is C18H15NO3. The zero-order valence-electron chi connectivity index (χ0n) is 12.2.